The molecule has 0 heterocycles. The second-order valence-electron chi connectivity index (χ2n) is 7.60. The predicted octanol–water partition coefficient (Wildman–Crippen LogP) is 4.59. The molecule has 194 valence electrons. The highest BCUT2D eigenvalue weighted by molar-refractivity contribution is 7.08. The number of aryl methyl sites for hydroxylation is 2. The fourth-order valence-corrected chi connectivity index (χ4v) is 2.62. The van der Waals surface area contributed by atoms with Crippen molar-refractivity contribution in [1.82, 2.24) is 0 Å². The van der Waals surface area contributed by atoms with Crippen molar-refractivity contribution in [3.63, 3.8) is 0 Å². The summed E-state index contributed by atoms with van der Waals surface area (Å²) in [6.45, 7) is 2.00. The zero-order valence-electron chi connectivity index (χ0n) is 18.7. The molecule has 0 aliphatic rings. The van der Waals surface area contributed by atoms with E-state index in [1.807, 2.05) is 0 Å². The number of hydrogen-bond acceptors (Lipinski definition) is 5. The summed E-state index contributed by atoms with van der Waals surface area (Å²) >= 11 is 0. The summed E-state index contributed by atoms with van der Waals surface area (Å²) in [6.07, 6.45) is -6.70. The van der Waals surface area contributed by atoms with Crippen LogP contribution in [0.5, 0.6) is 5.75 Å². The highest BCUT2D eigenvalue weighted by Gasteiger charge is 2.31. The standard InChI is InChI=1S/C12H16F3NO.C10H12F3NO.H3OP/c1-11(16,8-17)6-5-9-3-2-4-10(7-9)12(13,14)15;11-10(12,13)15-9-5-1-3-8(7-9)4-2-6-14;1-2/h2-4,7,17H,5-6,8,16H2,1H3;1,3,5,7H,2,4,6,14H2;1H,2H2. The Morgan fingerprint density at radius 3 is 1.97 bits per heavy atom. The molecule has 2 rings (SSSR count). The van der Waals surface area contributed by atoms with Gasteiger partial charge in [-0.2, -0.15) is 13.2 Å². The van der Waals surface area contributed by atoms with Crippen molar-refractivity contribution in [2.75, 3.05) is 13.2 Å². The van der Waals surface area contributed by atoms with Crippen LogP contribution in [0.1, 0.15) is 36.5 Å². The molecule has 2 atom stereocenters. The highest BCUT2D eigenvalue weighted by atomic mass is 31.0. The molecule has 2 aromatic carbocycles. The SMILES string of the molecule is CC(N)(CO)CCc1cccc(C(F)(F)F)c1.NCCCc1cccc(OC(F)(F)F)c1.OP. The van der Waals surface area contributed by atoms with Crippen molar-refractivity contribution in [1.29, 1.82) is 0 Å². The smallest absolute Gasteiger partial charge is 0.406 e. The summed E-state index contributed by atoms with van der Waals surface area (Å²) < 4.78 is 76.8. The van der Waals surface area contributed by atoms with Crippen LogP contribution in [0.3, 0.4) is 0 Å². The Morgan fingerprint density at radius 2 is 1.47 bits per heavy atom. The average Bonchev–Trinajstić information content (AvgIpc) is 2.77. The van der Waals surface area contributed by atoms with Crippen LogP contribution in [0.25, 0.3) is 0 Å². The van der Waals surface area contributed by atoms with Crippen molar-refractivity contribution in [3.05, 3.63) is 65.2 Å². The van der Waals surface area contributed by atoms with Crippen LogP contribution >= 0.6 is 9.47 Å². The molecule has 0 radical (unpaired) electrons. The molecule has 0 bridgehead atoms. The van der Waals surface area contributed by atoms with E-state index >= 15 is 0 Å². The van der Waals surface area contributed by atoms with Gasteiger partial charge in [-0.05, 0) is 77.9 Å². The number of ether oxygens (including phenoxy) is 1. The van der Waals surface area contributed by atoms with Gasteiger partial charge in [0.05, 0.1) is 12.2 Å². The molecule has 0 aliphatic heterocycles. The van der Waals surface area contributed by atoms with Gasteiger partial charge in [0.15, 0.2) is 0 Å². The van der Waals surface area contributed by atoms with E-state index < -0.39 is 23.6 Å². The Balaban J connectivity index is 0.000000601. The van der Waals surface area contributed by atoms with Crippen LogP contribution < -0.4 is 16.2 Å². The van der Waals surface area contributed by atoms with E-state index in [-0.39, 0.29) is 12.4 Å². The van der Waals surface area contributed by atoms with E-state index in [1.165, 1.54) is 33.7 Å². The lowest BCUT2D eigenvalue weighted by molar-refractivity contribution is -0.274. The minimum absolute atomic E-state index is 0.183. The predicted molar refractivity (Wildman–Crippen MR) is 122 cm³/mol. The quantitative estimate of drug-likeness (QED) is 0.304. The molecule has 5 nitrogen and oxygen atoms in total. The second kappa shape index (κ2) is 15.2. The van der Waals surface area contributed by atoms with Gasteiger partial charge in [0, 0.05) is 5.54 Å². The van der Waals surface area contributed by atoms with Gasteiger partial charge in [0.2, 0.25) is 0 Å². The minimum Gasteiger partial charge on any atom is -0.406 e. The molecule has 0 fully saturated rings. The molecule has 0 amide bonds. The third kappa shape index (κ3) is 14.4. The Kier molecular flexibility index (Phi) is 14.3. The average molecular weight is 516 g/mol. The third-order valence-corrected chi connectivity index (χ3v) is 4.40. The first-order valence-corrected chi connectivity index (χ1v) is 10.6. The van der Waals surface area contributed by atoms with Crippen molar-refractivity contribution in [2.24, 2.45) is 11.5 Å². The van der Waals surface area contributed by atoms with Gasteiger partial charge >= 0.3 is 12.5 Å². The number of hydrogen-bond donors (Lipinski definition) is 4. The van der Waals surface area contributed by atoms with Gasteiger partial charge in [-0.3, -0.25) is 0 Å². The van der Waals surface area contributed by atoms with Crippen molar-refractivity contribution in [2.45, 2.75) is 50.7 Å². The normalized spacial score (nSPS) is 13.1. The first kappa shape index (κ1) is 32.1. The monoisotopic (exact) mass is 516 g/mol. The van der Waals surface area contributed by atoms with Crippen LogP contribution in [0.15, 0.2) is 48.5 Å². The number of benzene rings is 2. The Morgan fingerprint density at radius 1 is 0.912 bits per heavy atom. The largest absolute Gasteiger partial charge is 0.573 e. The number of alkyl halides is 6. The number of nitrogens with two attached hydrogens (primary N) is 2. The van der Waals surface area contributed by atoms with Crippen LogP contribution in [0.2, 0.25) is 0 Å². The number of aliphatic hydroxyl groups is 1. The van der Waals surface area contributed by atoms with E-state index in [0.29, 0.717) is 31.4 Å². The van der Waals surface area contributed by atoms with Gasteiger partial charge in [0.25, 0.3) is 0 Å². The van der Waals surface area contributed by atoms with Crippen molar-refractivity contribution in [3.8, 4) is 5.75 Å². The maximum Gasteiger partial charge on any atom is 0.573 e. The van der Waals surface area contributed by atoms with Gasteiger partial charge < -0.3 is 26.2 Å². The molecule has 0 aromatic heterocycles. The summed E-state index contributed by atoms with van der Waals surface area (Å²) in [5.41, 5.74) is 11.0. The van der Waals surface area contributed by atoms with E-state index in [0.717, 1.165) is 24.1 Å². The fraction of sp³-hybridized carbons (Fsp3) is 0.455. The first-order chi connectivity index (χ1) is 15.8. The summed E-state index contributed by atoms with van der Waals surface area (Å²) in [6, 6.07) is 11.1. The zero-order valence-corrected chi connectivity index (χ0v) is 19.8. The molecule has 0 aliphatic carbocycles. The molecule has 34 heavy (non-hydrogen) atoms. The minimum atomic E-state index is -4.63. The van der Waals surface area contributed by atoms with Gasteiger partial charge in [-0.25, -0.2) is 0 Å². The molecule has 0 saturated carbocycles. The van der Waals surface area contributed by atoms with Crippen LogP contribution in [-0.4, -0.2) is 35.1 Å². The maximum absolute atomic E-state index is 12.4. The molecule has 0 saturated heterocycles. The lowest BCUT2D eigenvalue weighted by Gasteiger charge is -2.21. The maximum atomic E-state index is 12.4. The molecular formula is C22H31F6N2O3P. The van der Waals surface area contributed by atoms with Crippen molar-refractivity contribution < 1.29 is 41.1 Å². The summed E-state index contributed by atoms with van der Waals surface area (Å²) in [4.78, 5) is 6.92. The lowest BCUT2D eigenvalue weighted by Crippen LogP contribution is -2.40. The molecule has 2 aromatic rings. The first-order valence-electron chi connectivity index (χ1n) is 10.1. The van der Waals surface area contributed by atoms with Gasteiger partial charge in [-0.15, -0.1) is 13.2 Å². The highest BCUT2D eigenvalue weighted by Crippen LogP contribution is 2.30. The number of halogens is 6. The number of aliphatic hydroxyl groups excluding tert-OH is 1. The zero-order chi connectivity index (χ0) is 26.4. The molecule has 0 spiro atoms. The molecule has 2 unspecified atom stereocenters. The summed E-state index contributed by atoms with van der Waals surface area (Å²) in [5, 5.41) is 8.95. The van der Waals surface area contributed by atoms with Gasteiger partial charge in [-0.1, -0.05) is 30.3 Å². The van der Waals surface area contributed by atoms with Crippen LogP contribution in [0, 0.1) is 0 Å². The molecule has 12 heteroatoms. The Hall–Kier alpha value is -1.91. The Bertz CT molecular complexity index is 833. The van der Waals surface area contributed by atoms with E-state index in [9.17, 15) is 26.3 Å². The fourth-order valence-electron chi connectivity index (χ4n) is 2.62. The lowest BCUT2D eigenvalue weighted by atomic mass is 9.94. The summed E-state index contributed by atoms with van der Waals surface area (Å²) in [5.74, 6) is -0.183. The third-order valence-electron chi connectivity index (χ3n) is 4.40. The molecular weight excluding hydrogens is 485 g/mol. The second-order valence-corrected chi connectivity index (χ2v) is 7.60. The number of rotatable bonds is 8. The molecule has 6 N–H and O–H groups in total. The van der Waals surface area contributed by atoms with Gasteiger partial charge in [0.1, 0.15) is 5.75 Å². The van der Waals surface area contributed by atoms with E-state index in [4.69, 9.17) is 21.5 Å². The van der Waals surface area contributed by atoms with E-state index in [2.05, 4.69) is 4.74 Å². The topological polar surface area (TPSA) is 102 Å². The Labute approximate surface area is 197 Å². The van der Waals surface area contributed by atoms with E-state index in [1.54, 1.807) is 19.1 Å². The van der Waals surface area contributed by atoms with Crippen molar-refractivity contribution >= 4 is 9.47 Å². The van der Waals surface area contributed by atoms with Crippen LogP contribution in [0.4, 0.5) is 26.3 Å². The van der Waals surface area contributed by atoms with Crippen LogP contribution in [-0.2, 0) is 19.0 Å². The summed E-state index contributed by atoms with van der Waals surface area (Å²) in [7, 11) is 1.42.